The molecule has 2 aromatic rings. The van der Waals surface area contributed by atoms with E-state index in [1.165, 1.54) is 17.0 Å². The summed E-state index contributed by atoms with van der Waals surface area (Å²) in [6.45, 7) is 2.41. The number of alkyl halides is 3. The van der Waals surface area contributed by atoms with E-state index < -0.39 is 26.7 Å². The number of rotatable bonds is 3. The van der Waals surface area contributed by atoms with Gasteiger partial charge in [0.05, 0.1) is 16.0 Å². The van der Waals surface area contributed by atoms with Crippen molar-refractivity contribution in [3.63, 3.8) is 0 Å². The second kappa shape index (κ2) is 8.22. The summed E-state index contributed by atoms with van der Waals surface area (Å²) in [6, 6.07) is 4.20. The molecule has 0 bridgehead atoms. The van der Waals surface area contributed by atoms with E-state index in [9.17, 15) is 26.4 Å². The number of hydrogen-bond donors (Lipinski definition) is 0. The van der Waals surface area contributed by atoms with Gasteiger partial charge in [0.1, 0.15) is 0 Å². The van der Waals surface area contributed by atoms with Gasteiger partial charge >= 0.3 is 6.18 Å². The monoisotopic (exact) mass is 472 g/mol. The zero-order valence-electron chi connectivity index (χ0n) is 17.0. The fraction of sp³-hybridized carbons (Fsp3) is 0.476. The van der Waals surface area contributed by atoms with Crippen LogP contribution < -0.4 is 0 Å². The number of piperazine rings is 1. The molecule has 31 heavy (non-hydrogen) atoms. The van der Waals surface area contributed by atoms with Gasteiger partial charge in [-0.25, -0.2) is 8.42 Å². The molecule has 1 saturated heterocycles. The number of sulfonamides is 1. The zero-order chi connectivity index (χ0) is 22.4. The summed E-state index contributed by atoms with van der Waals surface area (Å²) in [7, 11) is -4.32. The van der Waals surface area contributed by atoms with Gasteiger partial charge in [-0.05, 0) is 42.9 Å². The molecule has 1 aliphatic heterocycles. The number of hydrogen-bond acceptors (Lipinski definition) is 4. The highest BCUT2D eigenvalue weighted by atomic mass is 32.2. The second-order valence-electron chi connectivity index (χ2n) is 8.09. The summed E-state index contributed by atoms with van der Waals surface area (Å²) < 4.78 is 66.7. The minimum Gasteiger partial charge on any atom is -0.336 e. The van der Waals surface area contributed by atoms with Gasteiger partial charge in [-0.2, -0.15) is 17.5 Å². The van der Waals surface area contributed by atoms with Gasteiger partial charge in [-0.15, -0.1) is 11.3 Å². The molecular formula is C21H23F3N2O3S2. The average Bonchev–Trinajstić information content (AvgIpc) is 3.15. The molecule has 2 heterocycles. The summed E-state index contributed by atoms with van der Waals surface area (Å²) in [5.74, 6) is 0.474. The van der Waals surface area contributed by atoms with E-state index in [2.05, 4.69) is 6.92 Å². The van der Waals surface area contributed by atoms with Crippen LogP contribution in [0.3, 0.4) is 0 Å². The molecule has 0 spiro atoms. The van der Waals surface area contributed by atoms with E-state index in [1.807, 2.05) is 5.38 Å². The Morgan fingerprint density at radius 3 is 2.48 bits per heavy atom. The minimum absolute atomic E-state index is 0.0381. The lowest BCUT2D eigenvalue weighted by Gasteiger charge is -2.34. The van der Waals surface area contributed by atoms with Crippen molar-refractivity contribution < 1.29 is 26.4 Å². The summed E-state index contributed by atoms with van der Waals surface area (Å²) in [6.07, 6.45) is -1.90. The number of thiophene rings is 1. The number of nitrogens with zero attached hydrogens (tertiary/aromatic N) is 2. The van der Waals surface area contributed by atoms with Gasteiger partial charge in [-0.3, -0.25) is 4.79 Å². The van der Waals surface area contributed by atoms with Crippen molar-refractivity contribution in [2.45, 2.75) is 37.3 Å². The molecule has 168 valence electrons. The van der Waals surface area contributed by atoms with Gasteiger partial charge in [0.2, 0.25) is 10.0 Å². The lowest BCUT2D eigenvalue weighted by Crippen LogP contribution is -2.50. The van der Waals surface area contributed by atoms with Crippen LogP contribution in [0.4, 0.5) is 13.2 Å². The summed E-state index contributed by atoms with van der Waals surface area (Å²) in [4.78, 5) is 15.1. The molecular weight excluding hydrogens is 449 g/mol. The summed E-state index contributed by atoms with van der Waals surface area (Å²) in [5.41, 5.74) is 0.612. The third kappa shape index (κ3) is 4.25. The van der Waals surface area contributed by atoms with Crippen molar-refractivity contribution >= 4 is 27.3 Å². The Morgan fingerprint density at radius 1 is 1.13 bits per heavy atom. The Hall–Kier alpha value is -1.91. The van der Waals surface area contributed by atoms with Gasteiger partial charge in [0.15, 0.2) is 0 Å². The van der Waals surface area contributed by atoms with Crippen LogP contribution in [0, 0.1) is 5.92 Å². The van der Waals surface area contributed by atoms with Crippen molar-refractivity contribution in [2.75, 3.05) is 26.2 Å². The summed E-state index contributed by atoms with van der Waals surface area (Å²) >= 11 is 1.59. The highest BCUT2D eigenvalue weighted by Gasteiger charge is 2.40. The SMILES string of the molecule is CC1CCc2c(C(=O)N3CCN(S(=O)(=O)c4ccccc4C(F)(F)F)CC3)csc2C1. The van der Waals surface area contributed by atoms with E-state index in [1.54, 1.807) is 16.2 Å². The maximum absolute atomic E-state index is 13.3. The molecule has 1 fully saturated rings. The zero-order valence-corrected chi connectivity index (χ0v) is 18.6. The Labute approximate surface area is 183 Å². The first-order chi connectivity index (χ1) is 14.6. The standard InChI is InChI=1S/C21H23F3N2O3S2/c1-14-6-7-15-16(13-30-18(15)12-14)20(27)25-8-10-26(11-9-25)31(28,29)19-5-3-2-4-17(19)21(22,23)24/h2-5,13-14H,6-12H2,1H3. The van der Waals surface area contributed by atoms with Crippen LogP contribution in [-0.2, 0) is 29.0 Å². The van der Waals surface area contributed by atoms with Crippen LogP contribution in [0.2, 0.25) is 0 Å². The van der Waals surface area contributed by atoms with Crippen LogP contribution in [0.15, 0.2) is 34.5 Å². The molecule has 0 radical (unpaired) electrons. The van der Waals surface area contributed by atoms with Crippen LogP contribution in [-0.4, -0.2) is 49.7 Å². The largest absolute Gasteiger partial charge is 0.417 e. The quantitative estimate of drug-likeness (QED) is 0.678. The van der Waals surface area contributed by atoms with Gasteiger partial charge in [0.25, 0.3) is 5.91 Å². The maximum atomic E-state index is 13.3. The van der Waals surface area contributed by atoms with Crippen LogP contribution in [0.5, 0.6) is 0 Å². The number of benzene rings is 1. The predicted molar refractivity (Wildman–Crippen MR) is 112 cm³/mol. The molecule has 1 aromatic carbocycles. The molecule has 2 aliphatic rings. The lowest BCUT2D eigenvalue weighted by molar-refractivity contribution is -0.139. The number of carbonyl (C=O) groups excluding carboxylic acids is 1. The summed E-state index contributed by atoms with van der Waals surface area (Å²) in [5, 5.41) is 1.88. The average molecular weight is 473 g/mol. The van der Waals surface area contributed by atoms with Crippen molar-refractivity contribution in [3.8, 4) is 0 Å². The Kier molecular flexibility index (Phi) is 5.91. The lowest BCUT2D eigenvalue weighted by atomic mass is 9.88. The highest BCUT2D eigenvalue weighted by Crippen LogP contribution is 2.36. The van der Waals surface area contributed by atoms with Crippen LogP contribution in [0.25, 0.3) is 0 Å². The number of fused-ring (bicyclic) bond motifs is 1. The van der Waals surface area contributed by atoms with Crippen molar-refractivity contribution in [3.05, 3.63) is 51.2 Å². The number of halogens is 3. The molecule has 10 heteroatoms. The molecule has 0 N–H and O–H groups in total. The number of amides is 1. The van der Waals surface area contributed by atoms with E-state index in [0.717, 1.165) is 41.3 Å². The maximum Gasteiger partial charge on any atom is 0.417 e. The molecule has 1 aliphatic carbocycles. The van der Waals surface area contributed by atoms with E-state index in [4.69, 9.17) is 0 Å². The van der Waals surface area contributed by atoms with E-state index in [0.29, 0.717) is 11.5 Å². The van der Waals surface area contributed by atoms with Crippen molar-refractivity contribution in [1.82, 2.24) is 9.21 Å². The van der Waals surface area contributed by atoms with Crippen molar-refractivity contribution in [1.29, 1.82) is 0 Å². The Bertz CT molecular complexity index is 1090. The van der Waals surface area contributed by atoms with Gasteiger partial charge in [-0.1, -0.05) is 19.1 Å². The fourth-order valence-corrected chi connectivity index (χ4v) is 7.10. The molecule has 1 aromatic heterocycles. The predicted octanol–water partition coefficient (Wildman–Crippen LogP) is 4.04. The third-order valence-electron chi connectivity index (χ3n) is 5.97. The van der Waals surface area contributed by atoms with E-state index >= 15 is 0 Å². The minimum atomic E-state index is -4.77. The highest BCUT2D eigenvalue weighted by molar-refractivity contribution is 7.89. The molecule has 5 nitrogen and oxygen atoms in total. The molecule has 1 unspecified atom stereocenters. The van der Waals surface area contributed by atoms with Crippen LogP contribution in [0.1, 0.15) is 39.7 Å². The van der Waals surface area contributed by atoms with Gasteiger partial charge in [0, 0.05) is 36.4 Å². The second-order valence-corrected chi connectivity index (χ2v) is 11.0. The van der Waals surface area contributed by atoms with E-state index in [-0.39, 0.29) is 32.1 Å². The topological polar surface area (TPSA) is 57.7 Å². The molecule has 0 saturated carbocycles. The Morgan fingerprint density at radius 2 is 1.81 bits per heavy atom. The molecule has 1 amide bonds. The first kappa shape index (κ1) is 22.3. The third-order valence-corrected chi connectivity index (χ3v) is 8.98. The first-order valence-corrected chi connectivity index (χ1v) is 12.5. The fourth-order valence-electron chi connectivity index (χ4n) is 4.22. The van der Waals surface area contributed by atoms with Crippen molar-refractivity contribution in [2.24, 2.45) is 5.92 Å². The smallest absolute Gasteiger partial charge is 0.336 e. The normalized spacial score (nSPS) is 20.5. The Balaban J connectivity index is 1.49. The number of carbonyl (C=O) groups is 1. The molecule has 4 rings (SSSR count). The van der Waals surface area contributed by atoms with Crippen LogP contribution >= 0.6 is 11.3 Å². The van der Waals surface area contributed by atoms with Gasteiger partial charge < -0.3 is 4.90 Å². The first-order valence-electron chi connectivity index (χ1n) is 10.1. The molecule has 1 atom stereocenters.